The molecule has 10 nitrogen and oxygen atoms in total. The fraction of sp³-hybridized carbons (Fsp3) is 0.960. The van der Waals surface area contributed by atoms with E-state index in [-0.39, 0.29) is 12.0 Å². The minimum atomic E-state index is -0.784. The number of hydrogen-bond donors (Lipinski definition) is 0. The second-order valence-electron chi connectivity index (χ2n) is 18.6. The molecule has 2 heterocycles. The van der Waals surface area contributed by atoms with Gasteiger partial charge in [0.2, 0.25) is 0 Å². The first-order valence-electron chi connectivity index (χ1n) is 25.6. The SMILES string of the molecule is CCCCCCCCCCCCN(C)CCCN1CCN(CCCN(CCCCCCCCCCCC)CCCOC2OC(CC)C(C)C(OC(C)=O)C2OC(C)=O)CC1. The molecule has 5 unspecified atom stereocenters. The number of esters is 2. The van der Waals surface area contributed by atoms with E-state index in [1.807, 2.05) is 6.92 Å². The van der Waals surface area contributed by atoms with Gasteiger partial charge in [-0.3, -0.25) is 9.59 Å². The summed E-state index contributed by atoms with van der Waals surface area (Å²) in [4.78, 5) is 34.7. The number of nitrogens with zero attached hydrogens (tertiary/aromatic N) is 4. The van der Waals surface area contributed by atoms with Crippen LogP contribution in [0.1, 0.15) is 196 Å². The highest BCUT2D eigenvalue weighted by molar-refractivity contribution is 5.67. The van der Waals surface area contributed by atoms with Crippen LogP contribution in [0.15, 0.2) is 0 Å². The zero-order chi connectivity index (χ0) is 43.6. The molecule has 0 radical (unpaired) electrons. The standard InChI is InChI=1S/C50H98N4O6/c1-8-11-13-15-17-19-21-23-25-27-32-51(7)33-29-35-53-39-41-54(42-40-53)37-30-36-52(34-28-26-24-22-20-18-16-14-12-9-2)38-31-43-57-50-49(59-46(6)56)48(58-45(5)55)44(4)47(10-3)60-50/h44,47-50H,8-43H2,1-7H3. The molecule has 2 aliphatic rings. The maximum atomic E-state index is 12.1. The van der Waals surface area contributed by atoms with E-state index >= 15 is 0 Å². The summed E-state index contributed by atoms with van der Waals surface area (Å²) in [5, 5.41) is 0. The first-order chi connectivity index (χ1) is 29.2. The molecule has 60 heavy (non-hydrogen) atoms. The second kappa shape index (κ2) is 36.1. The van der Waals surface area contributed by atoms with Crippen LogP contribution in [-0.2, 0) is 28.5 Å². The lowest BCUT2D eigenvalue weighted by atomic mass is 9.89. The number of carbonyl (C=O) groups excluding carboxylic acids is 2. The normalized spacial score (nSPS) is 21.6. The molecule has 0 aromatic carbocycles. The number of hydrogen-bond acceptors (Lipinski definition) is 10. The third-order valence-electron chi connectivity index (χ3n) is 13.1. The summed E-state index contributed by atoms with van der Waals surface area (Å²) >= 11 is 0. The molecule has 0 aromatic heterocycles. The molecule has 354 valence electrons. The van der Waals surface area contributed by atoms with E-state index in [1.54, 1.807) is 0 Å². The van der Waals surface area contributed by atoms with Crippen molar-refractivity contribution in [3.05, 3.63) is 0 Å². The van der Waals surface area contributed by atoms with E-state index in [0.29, 0.717) is 6.61 Å². The highest BCUT2D eigenvalue weighted by Gasteiger charge is 2.47. The number of piperazine rings is 1. The van der Waals surface area contributed by atoms with Crippen molar-refractivity contribution >= 4 is 11.9 Å². The number of ether oxygens (including phenoxy) is 4. The average Bonchev–Trinajstić information content (AvgIpc) is 3.22. The van der Waals surface area contributed by atoms with Gasteiger partial charge in [-0.15, -0.1) is 0 Å². The molecule has 0 aliphatic carbocycles. The minimum Gasteiger partial charge on any atom is -0.458 e. The molecule has 10 heteroatoms. The molecule has 0 bridgehead atoms. The van der Waals surface area contributed by atoms with Crippen LogP contribution in [0.4, 0.5) is 0 Å². The summed E-state index contributed by atoms with van der Waals surface area (Å²) in [6, 6.07) is 0. The van der Waals surface area contributed by atoms with Crippen LogP contribution in [-0.4, -0.2) is 142 Å². The van der Waals surface area contributed by atoms with Crippen molar-refractivity contribution in [3.63, 3.8) is 0 Å². The van der Waals surface area contributed by atoms with Crippen LogP contribution < -0.4 is 0 Å². The molecule has 0 amide bonds. The molecule has 2 fully saturated rings. The fourth-order valence-electron chi connectivity index (χ4n) is 9.27. The van der Waals surface area contributed by atoms with E-state index in [1.165, 1.54) is 201 Å². The van der Waals surface area contributed by atoms with Crippen LogP contribution >= 0.6 is 0 Å². The maximum absolute atomic E-state index is 12.1. The first kappa shape index (κ1) is 54.8. The first-order valence-corrected chi connectivity index (χ1v) is 25.6. The second-order valence-corrected chi connectivity index (χ2v) is 18.6. The molecule has 0 aromatic rings. The molecule has 2 saturated heterocycles. The Balaban J connectivity index is 1.72. The van der Waals surface area contributed by atoms with Crippen LogP contribution in [0.5, 0.6) is 0 Å². The van der Waals surface area contributed by atoms with Gasteiger partial charge in [-0.1, -0.05) is 143 Å². The number of rotatable bonds is 38. The van der Waals surface area contributed by atoms with E-state index in [0.717, 1.165) is 39.0 Å². The Labute approximate surface area is 370 Å². The van der Waals surface area contributed by atoms with Gasteiger partial charge in [0.05, 0.1) is 12.7 Å². The van der Waals surface area contributed by atoms with Gasteiger partial charge in [-0.25, -0.2) is 0 Å². The third kappa shape index (κ3) is 26.4. The van der Waals surface area contributed by atoms with Gasteiger partial charge >= 0.3 is 11.9 Å². The summed E-state index contributed by atoms with van der Waals surface area (Å²) in [5.41, 5.74) is 0. The van der Waals surface area contributed by atoms with E-state index in [9.17, 15) is 9.59 Å². The molecular weight excluding hydrogens is 753 g/mol. The zero-order valence-corrected chi connectivity index (χ0v) is 40.6. The van der Waals surface area contributed by atoms with E-state index in [4.69, 9.17) is 18.9 Å². The highest BCUT2D eigenvalue weighted by Crippen LogP contribution is 2.32. The number of carbonyl (C=O) groups is 2. The Bertz CT molecular complexity index is 1030. The largest absolute Gasteiger partial charge is 0.458 e. The van der Waals surface area contributed by atoms with Gasteiger partial charge in [-0.05, 0) is 84.8 Å². The molecule has 0 spiro atoms. The Hall–Kier alpha value is -1.30. The van der Waals surface area contributed by atoms with Crippen LogP contribution in [0.25, 0.3) is 0 Å². The molecule has 2 aliphatic heterocycles. The summed E-state index contributed by atoms with van der Waals surface area (Å²) in [5.74, 6) is -0.936. The minimum absolute atomic E-state index is 0.112. The molecular formula is C50H98N4O6. The molecule has 0 N–H and O–H groups in total. The zero-order valence-electron chi connectivity index (χ0n) is 40.6. The van der Waals surface area contributed by atoms with Crippen molar-refractivity contribution in [2.45, 2.75) is 220 Å². The number of unbranched alkanes of at least 4 members (excludes halogenated alkanes) is 18. The van der Waals surface area contributed by atoms with Gasteiger partial charge in [-0.2, -0.15) is 0 Å². The quantitative estimate of drug-likeness (QED) is 0.0442. The lowest BCUT2D eigenvalue weighted by Crippen LogP contribution is -2.57. The Morgan fingerprint density at radius 3 is 1.43 bits per heavy atom. The Morgan fingerprint density at radius 1 is 0.550 bits per heavy atom. The summed E-state index contributed by atoms with van der Waals surface area (Å²) < 4.78 is 24.0. The lowest BCUT2D eigenvalue weighted by molar-refractivity contribution is -0.290. The molecule has 2 rings (SSSR count). The van der Waals surface area contributed by atoms with Gasteiger partial charge < -0.3 is 38.5 Å². The van der Waals surface area contributed by atoms with Gasteiger partial charge in [0.15, 0.2) is 12.4 Å². The maximum Gasteiger partial charge on any atom is 0.303 e. The van der Waals surface area contributed by atoms with Crippen molar-refractivity contribution in [3.8, 4) is 0 Å². The van der Waals surface area contributed by atoms with Crippen molar-refractivity contribution in [1.82, 2.24) is 19.6 Å². The van der Waals surface area contributed by atoms with Crippen LogP contribution in [0, 0.1) is 5.92 Å². The smallest absolute Gasteiger partial charge is 0.303 e. The van der Waals surface area contributed by atoms with E-state index < -0.39 is 30.4 Å². The molecule has 5 atom stereocenters. The van der Waals surface area contributed by atoms with Crippen molar-refractivity contribution in [1.29, 1.82) is 0 Å². The van der Waals surface area contributed by atoms with Crippen LogP contribution in [0.3, 0.4) is 0 Å². The van der Waals surface area contributed by atoms with Crippen molar-refractivity contribution in [2.75, 3.05) is 85.6 Å². The summed E-state index contributed by atoms with van der Waals surface area (Å²) in [6.07, 6.45) is 29.3. The predicted molar refractivity (Wildman–Crippen MR) is 250 cm³/mol. The lowest BCUT2D eigenvalue weighted by Gasteiger charge is -2.44. The Morgan fingerprint density at radius 2 is 0.950 bits per heavy atom. The average molecular weight is 851 g/mol. The molecule has 0 saturated carbocycles. The monoisotopic (exact) mass is 851 g/mol. The topological polar surface area (TPSA) is 84.0 Å². The van der Waals surface area contributed by atoms with Crippen LogP contribution in [0.2, 0.25) is 0 Å². The summed E-state index contributed by atoms with van der Waals surface area (Å²) in [7, 11) is 2.31. The fourth-order valence-corrected chi connectivity index (χ4v) is 9.27. The predicted octanol–water partition coefficient (Wildman–Crippen LogP) is 10.5. The van der Waals surface area contributed by atoms with Gasteiger partial charge in [0.25, 0.3) is 0 Å². The van der Waals surface area contributed by atoms with Crippen molar-refractivity contribution in [2.24, 2.45) is 5.92 Å². The Kier molecular flexibility index (Phi) is 33.0. The van der Waals surface area contributed by atoms with E-state index in [2.05, 4.69) is 47.4 Å². The summed E-state index contributed by atoms with van der Waals surface area (Å²) in [6.45, 7) is 24.7. The van der Waals surface area contributed by atoms with Gasteiger partial charge in [0, 0.05) is 52.5 Å². The van der Waals surface area contributed by atoms with Gasteiger partial charge in [0.1, 0.15) is 6.10 Å². The third-order valence-corrected chi connectivity index (χ3v) is 13.1. The van der Waals surface area contributed by atoms with Crippen molar-refractivity contribution < 1.29 is 28.5 Å². The highest BCUT2D eigenvalue weighted by atomic mass is 16.7.